The highest BCUT2D eigenvalue weighted by molar-refractivity contribution is 5.23. The Kier molecular flexibility index (Phi) is 4.51. The molecule has 0 aliphatic heterocycles. The Morgan fingerprint density at radius 3 is 2.82 bits per heavy atom. The van der Waals surface area contributed by atoms with Crippen LogP contribution in [0.2, 0.25) is 0 Å². The Hall–Kier alpha value is -0.930. The quantitative estimate of drug-likeness (QED) is 0.710. The number of hydrogen-bond acceptors (Lipinski definition) is 2. The molecule has 0 bridgehead atoms. The van der Waals surface area contributed by atoms with Crippen molar-refractivity contribution in [2.75, 3.05) is 13.1 Å². The van der Waals surface area contributed by atoms with E-state index in [0.29, 0.717) is 6.54 Å². The highest BCUT2D eigenvalue weighted by atomic mass is 19.1. The van der Waals surface area contributed by atoms with E-state index in [4.69, 9.17) is 0 Å². The summed E-state index contributed by atoms with van der Waals surface area (Å²) in [6.45, 7) is 4.53. The first-order chi connectivity index (χ1) is 8.25. The van der Waals surface area contributed by atoms with Crippen molar-refractivity contribution in [3.63, 3.8) is 0 Å². The van der Waals surface area contributed by atoms with Crippen LogP contribution in [-0.4, -0.2) is 19.1 Å². The zero-order valence-electron chi connectivity index (χ0n) is 10.4. The van der Waals surface area contributed by atoms with Gasteiger partial charge in [0.25, 0.3) is 0 Å². The first-order valence-electron chi connectivity index (χ1n) is 6.45. The first-order valence-corrected chi connectivity index (χ1v) is 6.45. The molecule has 0 heterocycles. The maximum atomic E-state index is 13.5. The fraction of sp³-hybridized carbons (Fsp3) is 0.571. The molecule has 0 aromatic heterocycles. The lowest BCUT2D eigenvalue weighted by Gasteiger charge is -2.07. The maximum absolute atomic E-state index is 13.5. The molecule has 2 rings (SSSR count). The van der Waals surface area contributed by atoms with Crippen LogP contribution in [0, 0.1) is 12.7 Å². The van der Waals surface area contributed by atoms with Crippen molar-refractivity contribution in [3.8, 4) is 0 Å². The van der Waals surface area contributed by atoms with E-state index in [-0.39, 0.29) is 5.82 Å². The third kappa shape index (κ3) is 4.44. The summed E-state index contributed by atoms with van der Waals surface area (Å²) in [4.78, 5) is 0. The van der Waals surface area contributed by atoms with Crippen molar-refractivity contribution in [1.29, 1.82) is 0 Å². The monoisotopic (exact) mass is 236 g/mol. The summed E-state index contributed by atoms with van der Waals surface area (Å²) < 4.78 is 13.5. The second-order valence-corrected chi connectivity index (χ2v) is 4.85. The minimum absolute atomic E-state index is 0.103. The van der Waals surface area contributed by atoms with Crippen LogP contribution in [0.3, 0.4) is 0 Å². The lowest BCUT2D eigenvalue weighted by molar-refractivity contribution is 0.566. The Balaban J connectivity index is 1.60. The molecule has 0 spiro atoms. The van der Waals surface area contributed by atoms with E-state index in [1.165, 1.54) is 12.8 Å². The van der Waals surface area contributed by atoms with E-state index in [1.54, 1.807) is 6.07 Å². The molecule has 2 nitrogen and oxygen atoms in total. The van der Waals surface area contributed by atoms with E-state index < -0.39 is 0 Å². The molecule has 1 aliphatic carbocycles. The van der Waals surface area contributed by atoms with Gasteiger partial charge in [0.2, 0.25) is 0 Å². The molecular formula is C14H21FN2. The summed E-state index contributed by atoms with van der Waals surface area (Å²) in [7, 11) is 0. The van der Waals surface area contributed by atoms with E-state index >= 15 is 0 Å². The molecule has 1 aromatic carbocycles. The van der Waals surface area contributed by atoms with Crippen LogP contribution in [-0.2, 0) is 6.54 Å². The van der Waals surface area contributed by atoms with Crippen molar-refractivity contribution < 1.29 is 4.39 Å². The summed E-state index contributed by atoms with van der Waals surface area (Å²) in [6, 6.07) is 6.19. The van der Waals surface area contributed by atoms with Crippen LogP contribution in [0.15, 0.2) is 18.2 Å². The second kappa shape index (κ2) is 6.12. The highest BCUT2D eigenvalue weighted by Crippen LogP contribution is 2.18. The van der Waals surface area contributed by atoms with Crippen LogP contribution < -0.4 is 10.6 Å². The average Bonchev–Trinajstić information content (AvgIpc) is 3.09. The Labute approximate surface area is 103 Å². The summed E-state index contributed by atoms with van der Waals surface area (Å²) in [6.07, 6.45) is 3.77. The third-order valence-electron chi connectivity index (χ3n) is 3.06. The number of rotatable bonds is 7. The molecule has 94 valence electrons. The van der Waals surface area contributed by atoms with E-state index in [2.05, 4.69) is 10.6 Å². The highest BCUT2D eigenvalue weighted by Gasteiger charge is 2.19. The molecule has 0 radical (unpaired) electrons. The van der Waals surface area contributed by atoms with Gasteiger partial charge in [0.1, 0.15) is 5.82 Å². The topological polar surface area (TPSA) is 24.1 Å². The second-order valence-electron chi connectivity index (χ2n) is 4.85. The fourth-order valence-electron chi connectivity index (χ4n) is 1.83. The van der Waals surface area contributed by atoms with Gasteiger partial charge in [-0.05, 0) is 50.9 Å². The van der Waals surface area contributed by atoms with Gasteiger partial charge >= 0.3 is 0 Å². The molecule has 3 heteroatoms. The standard InChI is InChI=1S/C14H21FN2/c1-11-3-4-12(14(15)9-11)10-16-7-2-8-17-13-5-6-13/h3-4,9,13,16-17H,2,5-8,10H2,1H3. The third-order valence-corrected chi connectivity index (χ3v) is 3.06. The molecule has 0 atom stereocenters. The Bertz CT molecular complexity index is 361. The zero-order chi connectivity index (χ0) is 12.1. The van der Waals surface area contributed by atoms with Gasteiger partial charge in [0, 0.05) is 18.2 Å². The van der Waals surface area contributed by atoms with Gasteiger partial charge in [-0.3, -0.25) is 0 Å². The van der Waals surface area contributed by atoms with Gasteiger partial charge < -0.3 is 10.6 Å². The van der Waals surface area contributed by atoms with Gasteiger partial charge in [-0.15, -0.1) is 0 Å². The number of hydrogen-bond donors (Lipinski definition) is 2. The molecule has 1 aliphatic rings. The van der Waals surface area contributed by atoms with Crippen molar-refractivity contribution in [1.82, 2.24) is 10.6 Å². The summed E-state index contributed by atoms with van der Waals surface area (Å²) in [5.74, 6) is -0.103. The molecular weight excluding hydrogens is 215 g/mol. The Morgan fingerprint density at radius 2 is 2.12 bits per heavy atom. The zero-order valence-corrected chi connectivity index (χ0v) is 10.4. The van der Waals surface area contributed by atoms with Crippen molar-refractivity contribution in [2.45, 2.75) is 38.8 Å². The van der Waals surface area contributed by atoms with Crippen molar-refractivity contribution >= 4 is 0 Å². The average molecular weight is 236 g/mol. The molecule has 1 aromatic rings. The van der Waals surface area contributed by atoms with Gasteiger partial charge in [-0.1, -0.05) is 12.1 Å². The molecule has 1 fully saturated rings. The SMILES string of the molecule is Cc1ccc(CNCCCNC2CC2)c(F)c1. The predicted octanol–water partition coefficient (Wildman–Crippen LogP) is 2.37. The lowest BCUT2D eigenvalue weighted by Crippen LogP contribution is -2.23. The number of benzene rings is 1. The summed E-state index contributed by atoms with van der Waals surface area (Å²) in [5.41, 5.74) is 1.73. The van der Waals surface area contributed by atoms with Crippen LogP contribution in [0.4, 0.5) is 4.39 Å². The number of halogens is 1. The minimum atomic E-state index is -0.103. The molecule has 0 saturated heterocycles. The van der Waals surface area contributed by atoms with Crippen LogP contribution >= 0.6 is 0 Å². The predicted molar refractivity (Wildman–Crippen MR) is 68.5 cm³/mol. The van der Waals surface area contributed by atoms with Crippen molar-refractivity contribution in [3.05, 3.63) is 35.1 Å². The first kappa shape index (κ1) is 12.5. The molecule has 0 unspecified atom stereocenters. The lowest BCUT2D eigenvalue weighted by atomic mass is 10.1. The van der Waals surface area contributed by atoms with E-state index in [1.807, 2.05) is 19.1 Å². The number of aryl methyl sites for hydroxylation is 1. The van der Waals surface area contributed by atoms with E-state index in [9.17, 15) is 4.39 Å². The van der Waals surface area contributed by atoms with Gasteiger partial charge in [-0.2, -0.15) is 0 Å². The van der Waals surface area contributed by atoms with Crippen molar-refractivity contribution in [2.24, 2.45) is 0 Å². The Morgan fingerprint density at radius 1 is 1.29 bits per heavy atom. The molecule has 1 saturated carbocycles. The van der Waals surface area contributed by atoms with Crippen LogP contribution in [0.25, 0.3) is 0 Å². The van der Waals surface area contributed by atoms with Crippen LogP contribution in [0.5, 0.6) is 0 Å². The summed E-state index contributed by atoms with van der Waals surface area (Å²) in [5, 5.41) is 6.74. The van der Waals surface area contributed by atoms with Gasteiger partial charge in [0.05, 0.1) is 0 Å². The summed E-state index contributed by atoms with van der Waals surface area (Å²) >= 11 is 0. The smallest absolute Gasteiger partial charge is 0.127 e. The van der Waals surface area contributed by atoms with Gasteiger partial charge in [-0.25, -0.2) is 4.39 Å². The van der Waals surface area contributed by atoms with Crippen LogP contribution in [0.1, 0.15) is 30.4 Å². The molecule has 17 heavy (non-hydrogen) atoms. The number of nitrogens with one attached hydrogen (secondary N) is 2. The fourth-order valence-corrected chi connectivity index (χ4v) is 1.83. The van der Waals surface area contributed by atoms with Gasteiger partial charge in [0.15, 0.2) is 0 Å². The largest absolute Gasteiger partial charge is 0.314 e. The normalized spacial score (nSPS) is 15.2. The maximum Gasteiger partial charge on any atom is 0.127 e. The molecule has 2 N–H and O–H groups in total. The minimum Gasteiger partial charge on any atom is -0.314 e. The van der Waals surface area contributed by atoms with E-state index in [0.717, 1.165) is 36.7 Å². The molecule has 0 amide bonds.